The third-order valence-electron chi connectivity index (χ3n) is 6.25. The first-order valence-corrected chi connectivity index (χ1v) is 11.3. The van der Waals surface area contributed by atoms with E-state index in [1.54, 1.807) is 42.9 Å². The van der Waals surface area contributed by atoms with Gasteiger partial charge >= 0.3 is 6.09 Å². The summed E-state index contributed by atoms with van der Waals surface area (Å²) < 4.78 is 43.8. The molecule has 11 nitrogen and oxygen atoms in total. The highest BCUT2D eigenvalue weighted by atomic mass is 19.3. The second-order valence-corrected chi connectivity index (χ2v) is 8.54. The molecule has 0 saturated carbocycles. The van der Waals surface area contributed by atoms with E-state index in [2.05, 4.69) is 30.7 Å². The van der Waals surface area contributed by atoms with Crippen molar-refractivity contribution in [3.63, 3.8) is 0 Å². The fourth-order valence-corrected chi connectivity index (χ4v) is 4.50. The Morgan fingerprint density at radius 1 is 1.25 bits per heavy atom. The lowest BCUT2D eigenvalue weighted by atomic mass is 10.0. The van der Waals surface area contributed by atoms with Gasteiger partial charge in [0.1, 0.15) is 23.0 Å². The number of anilines is 2. The van der Waals surface area contributed by atoms with Gasteiger partial charge in [-0.05, 0) is 31.5 Å². The largest absolute Gasteiger partial charge is 0.465 e. The van der Waals surface area contributed by atoms with Crippen molar-refractivity contribution >= 4 is 34.5 Å². The summed E-state index contributed by atoms with van der Waals surface area (Å²) in [5.41, 5.74) is 2.69. The van der Waals surface area contributed by atoms with E-state index in [0.717, 1.165) is 4.90 Å². The van der Waals surface area contributed by atoms with Crippen LogP contribution in [-0.4, -0.2) is 84.0 Å². The van der Waals surface area contributed by atoms with Gasteiger partial charge < -0.3 is 25.2 Å². The number of rotatable bonds is 6. The third-order valence-corrected chi connectivity index (χ3v) is 6.25. The molecule has 3 N–H and O–H groups in total. The number of amides is 1. The lowest BCUT2D eigenvalue weighted by Crippen LogP contribution is -2.49. The van der Waals surface area contributed by atoms with Gasteiger partial charge in [-0.1, -0.05) is 0 Å². The number of pyridine rings is 1. The van der Waals surface area contributed by atoms with Crippen molar-refractivity contribution in [3.8, 4) is 11.3 Å². The quantitative estimate of drug-likeness (QED) is 0.366. The summed E-state index contributed by atoms with van der Waals surface area (Å²) in [5, 5.41) is 19.5. The number of alkyl halides is 3. The number of nitrogens with one attached hydrogen (secondary N) is 2. The number of aromatic nitrogens is 6. The van der Waals surface area contributed by atoms with Crippen molar-refractivity contribution < 1.29 is 23.1 Å². The minimum absolute atomic E-state index is 0.180. The van der Waals surface area contributed by atoms with Gasteiger partial charge in [-0.2, -0.15) is 4.98 Å². The van der Waals surface area contributed by atoms with E-state index < -0.39 is 31.3 Å². The van der Waals surface area contributed by atoms with Gasteiger partial charge in [0.15, 0.2) is 11.5 Å². The second kappa shape index (κ2) is 9.17. The number of carbonyl (C=O) groups is 1. The molecule has 1 aliphatic heterocycles. The number of hydrogen-bond donors (Lipinski definition) is 3. The average Bonchev–Trinajstić information content (AvgIpc) is 3.40. The van der Waals surface area contributed by atoms with Crippen LogP contribution in [0.3, 0.4) is 0 Å². The van der Waals surface area contributed by atoms with Crippen molar-refractivity contribution in [2.24, 2.45) is 0 Å². The van der Waals surface area contributed by atoms with Gasteiger partial charge in [-0.3, -0.25) is 0 Å². The first-order chi connectivity index (χ1) is 17.2. The number of hydrogen-bond acceptors (Lipinski definition) is 7. The Bertz CT molecular complexity index is 1440. The molecule has 5 heterocycles. The fraction of sp³-hybridized carbons (Fsp3) is 0.409. The van der Waals surface area contributed by atoms with Gasteiger partial charge in [0.2, 0.25) is 5.95 Å². The predicted octanol–water partition coefficient (Wildman–Crippen LogP) is 3.26. The molecule has 0 spiro atoms. The summed E-state index contributed by atoms with van der Waals surface area (Å²) in [7, 11) is 1.68. The molecular formula is C22H24F3N9O2. The average molecular weight is 503 g/mol. The molecule has 1 aliphatic rings. The zero-order chi connectivity index (χ0) is 25.6. The molecule has 1 saturated heterocycles. The topological polar surface area (TPSA) is 126 Å². The number of halogens is 3. The standard InChI is InChI=1S/C22H24F3N9O2/c1-11-27-16-4-3-14(28-20(16)33(11)10-17(24)25)12-5-8-34-18(12)19(26-2)30-21(31-34)29-15-6-7-32(22(35)36)9-13(15)23/h3-5,8,13,15,17H,6-7,9-10H2,1-2H3,(H,35,36)(H2,26,29,30,31)/t13-,15+/m0/s1. The minimum atomic E-state index is -2.54. The van der Waals surface area contributed by atoms with Gasteiger partial charge in [0, 0.05) is 25.4 Å². The van der Waals surface area contributed by atoms with Gasteiger partial charge in [0.25, 0.3) is 6.43 Å². The fourth-order valence-electron chi connectivity index (χ4n) is 4.50. The van der Waals surface area contributed by atoms with Gasteiger partial charge in [-0.25, -0.2) is 32.4 Å². The number of imidazole rings is 1. The second-order valence-electron chi connectivity index (χ2n) is 8.54. The summed E-state index contributed by atoms with van der Waals surface area (Å²) in [6, 6.07) is 4.64. The Balaban J connectivity index is 1.48. The van der Waals surface area contributed by atoms with Crippen molar-refractivity contribution in [3.05, 3.63) is 30.2 Å². The van der Waals surface area contributed by atoms with Crippen LogP contribution >= 0.6 is 0 Å². The molecule has 1 amide bonds. The summed E-state index contributed by atoms with van der Waals surface area (Å²) in [4.78, 5) is 25.6. The third kappa shape index (κ3) is 4.22. The number of nitrogens with zero attached hydrogens (tertiary/aromatic N) is 7. The SMILES string of the molecule is CNc1nc(N[C@@H]2CCN(C(=O)O)C[C@@H]2F)nn2ccc(-c3ccc4nc(C)n(CC(F)F)c4n3)c12. The summed E-state index contributed by atoms with van der Waals surface area (Å²) in [6.45, 7) is 1.14. The molecule has 190 valence electrons. The first-order valence-electron chi connectivity index (χ1n) is 11.3. The molecule has 0 radical (unpaired) electrons. The summed E-state index contributed by atoms with van der Waals surface area (Å²) in [5.74, 6) is 1.08. The van der Waals surface area contributed by atoms with Crippen LogP contribution in [0.5, 0.6) is 0 Å². The summed E-state index contributed by atoms with van der Waals surface area (Å²) >= 11 is 0. The summed E-state index contributed by atoms with van der Waals surface area (Å²) in [6.07, 6.45) is -3.13. The lowest BCUT2D eigenvalue weighted by molar-refractivity contribution is 0.101. The maximum atomic E-state index is 14.6. The van der Waals surface area contributed by atoms with Crippen LogP contribution in [0.4, 0.5) is 29.7 Å². The van der Waals surface area contributed by atoms with E-state index in [0.29, 0.717) is 39.6 Å². The van der Waals surface area contributed by atoms with Crippen molar-refractivity contribution in [1.82, 2.24) is 34.0 Å². The van der Waals surface area contributed by atoms with Crippen LogP contribution in [0, 0.1) is 6.92 Å². The Hall–Kier alpha value is -4.10. The molecule has 2 atom stereocenters. The van der Waals surface area contributed by atoms with E-state index in [9.17, 15) is 18.0 Å². The molecule has 0 bridgehead atoms. The molecule has 5 rings (SSSR count). The normalized spacial score (nSPS) is 18.3. The van der Waals surface area contributed by atoms with E-state index in [1.165, 1.54) is 4.57 Å². The lowest BCUT2D eigenvalue weighted by Gasteiger charge is -2.33. The molecular weight excluding hydrogens is 479 g/mol. The molecule has 1 fully saturated rings. The minimum Gasteiger partial charge on any atom is -0.465 e. The number of carboxylic acid groups (broad SMARTS) is 1. The van der Waals surface area contributed by atoms with E-state index in [1.807, 2.05) is 0 Å². The number of aryl methyl sites for hydroxylation is 1. The monoisotopic (exact) mass is 503 g/mol. The Kier molecular flexibility index (Phi) is 6.02. The number of fused-ring (bicyclic) bond motifs is 2. The molecule has 36 heavy (non-hydrogen) atoms. The van der Waals surface area contributed by atoms with E-state index in [4.69, 9.17) is 5.11 Å². The highest BCUT2D eigenvalue weighted by Crippen LogP contribution is 2.31. The van der Waals surface area contributed by atoms with Crippen LogP contribution in [0.2, 0.25) is 0 Å². The number of likely N-dealkylation sites (tertiary alicyclic amines) is 1. The van der Waals surface area contributed by atoms with Crippen LogP contribution in [0.15, 0.2) is 24.4 Å². The van der Waals surface area contributed by atoms with Crippen LogP contribution in [0.25, 0.3) is 27.9 Å². The number of piperidine rings is 1. The highest BCUT2D eigenvalue weighted by molar-refractivity contribution is 5.89. The maximum Gasteiger partial charge on any atom is 0.407 e. The Morgan fingerprint density at radius 3 is 2.75 bits per heavy atom. The molecule has 4 aromatic heterocycles. The van der Waals surface area contributed by atoms with Gasteiger partial charge in [0.05, 0.1) is 24.8 Å². The molecule has 0 unspecified atom stereocenters. The van der Waals surface area contributed by atoms with Crippen LogP contribution in [0.1, 0.15) is 12.2 Å². The highest BCUT2D eigenvalue weighted by Gasteiger charge is 2.32. The van der Waals surface area contributed by atoms with Crippen LogP contribution in [-0.2, 0) is 6.54 Å². The molecule has 14 heteroatoms. The van der Waals surface area contributed by atoms with Crippen molar-refractivity contribution in [2.75, 3.05) is 30.8 Å². The Labute approximate surface area is 203 Å². The molecule has 0 aromatic carbocycles. The predicted molar refractivity (Wildman–Crippen MR) is 126 cm³/mol. The Morgan fingerprint density at radius 2 is 2.06 bits per heavy atom. The van der Waals surface area contributed by atoms with Gasteiger partial charge in [-0.15, -0.1) is 5.10 Å². The zero-order valence-corrected chi connectivity index (χ0v) is 19.5. The smallest absolute Gasteiger partial charge is 0.407 e. The zero-order valence-electron chi connectivity index (χ0n) is 19.5. The van der Waals surface area contributed by atoms with Crippen molar-refractivity contribution in [2.45, 2.75) is 38.5 Å². The maximum absolute atomic E-state index is 14.6. The van der Waals surface area contributed by atoms with Crippen LogP contribution < -0.4 is 10.6 Å². The van der Waals surface area contributed by atoms with E-state index >= 15 is 0 Å². The van der Waals surface area contributed by atoms with E-state index in [-0.39, 0.29) is 25.5 Å². The molecule has 0 aliphatic carbocycles. The molecule has 4 aromatic rings. The first kappa shape index (κ1) is 23.6. The van der Waals surface area contributed by atoms with Crippen molar-refractivity contribution in [1.29, 1.82) is 0 Å².